The topological polar surface area (TPSA) is 54.3 Å². The van der Waals surface area contributed by atoms with Crippen LogP contribution in [-0.4, -0.2) is 64.2 Å². The largest absolute Gasteiger partial charge is 0.342 e. The van der Waals surface area contributed by atoms with Crippen molar-refractivity contribution in [2.45, 2.75) is 32.2 Å². The number of aryl methyl sites for hydroxylation is 1. The second-order valence-electron chi connectivity index (χ2n) is 8.27. The van der Waals surface area contributed by atoms with Gasteiger partial charge in [0.05, 0.1) is 18.7 Å². The molecule has 152 valence electrons. The average molecular weight is 392 g/mol. The van der Waals surface area contributed by atoms with Gasteiger partial charge >= 0.3 is 0 Å². The lowest BCUT2D eigenvalue weighted by Crippen LogP contribution is -2.29. The molecule has 3 aromatic rings. The van der Waals surface area contributed by atoms with Gasteiger partial charge in [0.15, 0.2) is 5.65 Å². The number of likely N-dealkylation sites (tertiary alicyclic amines) is 1. The molecule has 0 saturated carbocycles. The van der Waals surface area contributed by atoms with Gasteiger partial charge in [-0.1, -0.05) is 29.8 Å². The van der Waals surface area contributed by atoms with Crippen molar-refractivity contribution in [1.29, 1.82) is 0 Å². The summed E-state index contributed by atoms with van der Waals surface area (Å²) in [5.41, 5.74) is 4.31. The summed E-state index contributed by atoms with van der Waals surface area (Å²) in [6.07, 6.45) is 3.24. The molecule has 1 fully saturated rings. The molecule has 0 N–H and O–H groups in total. The molecule has 3 heterocycles. The van der Waals surface area contributed by atoms with Crippen LogP contribution >= 0.6 is 0 Å². The highest BCUT2D eigenvalue weighted by molar-refractivity contribution is 5.81. The van der Waals surface area contributed by atoms with Crippen LogP contribution in [0, 0.1) is 6.92 Å². The SMILES string of the molecule is Cc1ccc(CC(=O)N2CC[C@@H](c3nn(CCN(C)C)c4ncccc34)C2)cc1. The summed E-state index contributed by atoms with van der Waals surface area (Å²) >= 11 is 0. The molecule has 0 spiro atoms. The molecule has 0 bridgehead atoms. The second kappa shape index (κ2) is 8.33. The van der Waals surface area contributed by atoms with Gasteiger partial charge in [0, 0.05) is 37.1 Å². The number of fused-ring (bicyclic) bond motifs is 1. The minimum absolute atomic E-state index is 0.200. The first kappa shape index (κ1) is 19.6. The molecular formula is C23H29N5O. The molecular weight excluding hydrogens is 362 g/mol. The van der Waals surface area contributed by atoms with E-state index < -0.39 is 0 Å². The third-order valence-corrected chi connectivity index (χ3v) is 5.70. The average Bonchev–Trinajstić information content (AvgIpc) is 3.33. The highest BCUT2D eigenvalue weighted by Crippen LogP contribution is 2.31. The Morgan fingerprint density at radius 3 is 2.76 bits per heavy atom. The van der Waals surface area contributed by atoms with Crippen LogP contribution in [-0.2, 0) is 17.8 Å². The lowest BCUT2D eigenvalue weighted by Gasteiger charge is -2.16. The van der Waals surface area contributed by atoms with Crippen LogP contribution in [0.15, 0.2) is 42.6 Å². The molecule has 1 aromatic carbocycles. The van der Waals surface area contributed by atoms with Crippen molar-refractivity contribution in [1.82, 2.24) is 24.6 Å². The van der Waals surface area contributed by atoms with E-state index in [9.17, 15) is 4.79 Å². The number of pyridine rings is 1. The van der Waals surface area contributed by atoms with Crippen LogP contribution in [0.2, 0.25) is 0 Å². The Balaban J connectivity index is 1.49. The molecule has 1 atom stereocenters. The first-order chi connectivity index (χ1) is 14.0. The molecule has 1 aliphatic rings. The molecule has 1 saturated heterocycles. The van der Waals surface area contributed by atoms with E-state index in [0.717, 1.165) is 54.9 Å². The van der Waals surface area contributed by atoms with Crippen LogP contribution in [0.4, 0.5) is 0 Å². The zero-order valence-electron chi connectivity index (χ0n) is 17.5. The monoisotopic (exact) mass is 391 g/mol. The summed E-state index contributed by atoms with van der Waals surface area (Å²) in [5.74, 6) is 0.468. The van der Waals surface area contributed by atoms with E-state index in [1.165, 1.54) is 5.56 Å². The summed E-state index contributed by atoms with van der Waals surface area (Å²) in [6, 6.07) is 12.3. The van der Waals surface area contributed by atoms with Crippen LogP contribution in [0.3, 0.4) is 0 Å². The molecule has 0 unspecified atom stereocenters. The zero-order valence-corrected chi connectivity index (χ0v) is 17.5. The molecule has 0 aliphatic carbocycles. The van der Waals surface area contributed by atoms with Crippen molar-refractivity contribution in [2.24, 2.45) is 0 Å². The van der Waals surface area contributed by atoms with Crippen LogP contribution < -0.4 is 0 Å². The number of likely N-dealkylation sites (N-methyl/N-ethyl adjacent to an activating group) is 1. The third kappa shape index (κ3) is 4.32. The Bertz CT molecular complexity index is 992. The van der Waals surface area contributed by atoms with Crippen molar-refractivity contribution in [3.05, 3.63) is 59.4 Å². The molecule has 6 nitrogen and oxygen atoms in total. The number of hydrogen-bond acceptors (Lipinski definition) is 4. The van der Waals surface area contributed by atoms with Crippen LogP contribution in [0.25, 0.3) is 11.0 Å². The first-order valence-electron chi connectivity index (χ1n) is 10.3. The van der Waals surface area contributed by atoms with Crippen molar-refractivity contribution in [3.63, 3.8) is 0 Å². The molecule has 1 aliphatic heterocycles. The van der Waals surface area contributed by atoms with E-state index in [0.29, 0.717) is 6.42 Å². The standard InChI is InChI=1S/C23H29N5O/c1-17-6-8-18(9-7-17)15-21(29)27-12-10-19(16-27)22-20-5-4-11-24-23(20)28(25-22)14-13-26(2)3/h4-9,11,19H,10,12-16H2,1-3H3/t19-/m1/s1. The van der Waals surface area contributed by atoms with Crippen molar-refractivity contribution >= 4 is 16.9 Å². The number of carbonyl (C=O) groups excluding carboxylic acids is 1. The summed E-state index contributed by atoms with van der Waals surface area (Å²) in [6.45, 7) is 5.32. The maximum atomic E-state index is 12.8. The number of rotatable bonds is 6. The third-order valence-electron chi connectivity index (χ3n) is 5.70. The molecule has 29 heavy (non-hydrogen) atoms. The van der Waals surface area contributed by atoms with Crippen LogP contribution in [0.5, 0.6) is 0 Å². The van der Waals surface area contributed by atoms with E-state index in [1.807, 2.05) is 34.0 Å². The normalized spacial score (nSPS) is 16.8. The van der Waals surface area contributed by atoms with Gasteiger partial charge in [-0.25, -0.2) is 9.67 Å². The van der Waals surface area contributed by atoms with Gasteiger partial charge in [-0.05, 0) is 45.1 Å². The summed E-state index contributed by atoms with van der Waals surface area (Å²) in [5, 5.41) is 6.04. The van der Waals surface area contributed by atoms with Gasteiger partial charge in [-0.3, -0.25) is 4.79 Å². The quantitative estimate of drug-likeness (QED) is 0.648. The minimum Gasteiger partial charge on any atom is -0.342 e. The molecule has 1 amide bonds. The Morgan fingerprint density at radius 2 is 2.00 bits per heavy atom. The predicted molar refractivity (Wildman–Crippen MR) is 115 cm³/mol. The van der Waals surface area contributed by atoms with Gasteiger partial charge in [-0.2, -0.15) is 5.10 Å². The lowest BCUT2D eigenvalue weighted by molar-refractivity contribution is -0.129. The van der Waals surface area contributed by atoms with E-state index in [1.54, 1.807) is 0 Å². The highest BCUT2D eigenvalue weighted by Gasteiger charge is 2.30. The maximum Gasteiger partial charge on any atom is 0.227 e. The fourth-order valence-corrected chi connectivity index (χ4v) is 3.99. The van der Waals surface area contributed by atoms with Gasteiger partial charge in [0.1, 0.15) is 0 Å². The number of benzene rings is 1. The zero-order chi connectivity index (χ0) is 20.4. The lowest BCUT2D eigenvalue weighted by atomic mass is 10.0. The van der Waals surface area contributed by atoms with Crippen molar-refractivity contribution < 1.29 is 4.79 Å². The second-order valence-corrected chi connectivity index (χ2v) is 8.27. The highest BCUT2D eigenvalue weighted by atomic mass is 16.2. The van der Waals surface area contributed by atoms with E-state index in [4.69, 9.17) is 5.10 Å². The first-order valence-corrected chi connectivity index (χ1v) is 10.3. The fourth-order valence-electron chi connectivity index (χ4n) is 3.99. The fraction of sp³-hybridized carbons (Fsp3) is 0.435. The minimum atomic E-state index is 0.200. The van der Waals surface area contributed by atoms with Gasteiger partial charge in [0.2, 0.25) is 5.91 Å². The number of aromatic nitrogens is 3. The molecule has 6 heteroatoms. The molecule has 4 rings (SSSR count). The Morgan fingerprint density at radius 1 is 1.21 bits per heavy atom. The number of nitrogens with zero attached hydrogens (tertiary/aromatic N) is 5. The predicted octanol–water partition coefficient (Wildman–Crippen LogP) is 2.86. The summed E-state index contributed by atoms with van der Waals surface area (Å²) in [4.78, 5) is 21.5. The van der Waals surface area contributed by atoms with Gasteiger partial charge in [0.25, 0.3) is 0 Å². The van der Waals surface area contributed by atoms with Gasteiger partial charge < -0.3 is 9.80 Å². The Kier molecular flexibility index (Phi) is 5.62. The summed E-state index contributed by atoms with van der Waals surface area (Å²) < 4.78 is 2.02. The van der Waals surface area contributed by atoms with Crippen LogP contribution in [0.1, 0.15) is 29.2 Å². The summed E-state index contributed by atoms with van der Waals surface area (Å²) in [7, 11) is 4.13. The van der Waals surface area contributed by atoms with E-state index >= 15 is 0 Å². The van der Waals surface area contributed by atoms with Crippen molar-refractivity contribution in [3.8, 4) is 0 Å². The van der Waals surface area contributed by atoms with Gasteiger partial charge in [-0.15, -0.1) is 0 Å². The molecule has 0 radical (unpaired) electrons. The number of carbonyl (C=O) groups is 1. The van der Waals surface area contributed by atoms with Crippen molar-refractivity contribution in [2.75, 3.05) is 33.7 Å². The van der Waals surface area contributed by atoms with E-state index in [2.05, 4.69) is 49.1 Å². The Hall–Kier alpha value is -2.73. The molecule has 2 aromatic heterocycles. The number of amides is 1. The maximum absolute atomic E-state index is 12.8. The number of hydrogen-bond donors (Lipinski definition) is 0. The Labute approximate surface area is 172 Å². The van der Waals surface area contributed by atoms with E-state index in [-0.39, 0.29) is 11.8 Å². The smallest absolute Gasteiger partial charge is 0.227 e.